The highest BCUT2D eigenvalue weighted by Gasteiger charge is 2.30. The van der Waals surface area contributed by atoms with Gasteiger partial charge in [-0.1, -0.05) is 48.9 Å². The van der Waals surface area contributed by atoms with Crippen LogP contribution in [0.3, 0.4) is 0 Å². The number of halogens is 3. The standard InChI is InChI=1S/C25H27F3S/c1-4-29-16-22-7-5-6-19(18(22)3)8-9-21-15-23(14-17(21)2)20-10-12-24(13-11-20)25(26,27)28/h5-7,10-13,15H,4,8-9,14,16H2,1-3H3. The molecule has 0 unspecified atom stereocenters. The lowest BCUT2D eigenvalue weighted by atomic mass is 9.97. The molecule has 0 saturated heterocycles. The van der Waals surface area contributed by atoms with Crippen LogP contribution >= 0.6 is 11.8 Å². The third-order valence-corrected chi connectivity index (χ3v) is 6.54. The van der Waals surface area contributed by atoms with Gasteiger partial charge < -0.3 is 0 Å². The van der Waals surface area contributed by atoms with Gasteiger partial charge >= 0.3 is 6.18 Å². The summed E-state index contributed by atoms with van der Waals surface area (Å²) in [5.74, 6) is 2.17. The molecule has 0 aromatic heterocycles. The van der Waals surface area contributed by atoms with E-state index in [1.165, 1.54) is 40.0 Å². The topological polar surface area (TPSA) is 0 Å². The fourth-order valence-electron chi connectivity index (χ4n) is 3.77. The first-order valence-corrected chi connectivity index (χ1v) is 11.2. The summed E-state index contributed by atoms with van der Waals surface area (Å²) in [6.07, 6.45) is 0.641. The number of allylic oxidation sites excluding steroid dienone is 4. The molecule has 1 aliphatic carbocycles. The van der Waals surface area contributed by atoms with E-state index in [1.807, 2.05) is 11.8 Å². The predicted molar refractivity (Wildman–Crippen MR) is 118 cm³/mol. The maximum Gasteiger partial charge on any atom is 0.416 e. The van der Waals surface area contributed by atoms with Crippen LogP contribution in [-0.4, -0.2) is 5.75 Å². The summed E-state index contributed by atoms with van der Waals surface area (Å²) in [5.41, 5.74) is 8.20. The van der Waals surface area contributed by atoms with Crippen LogP contribution in [0.25, 0.3) is 5.57 Å². The van der Waals surface area contributed by atoms with Gasteiger partial charge in [-0.25, -0.2) is 0 Å². The Balaban J connectivity index is 1.69. The molecule has 0 spiro atoms. The number of thioether (sulfide) groups is 1. The summed E-state index contributed by atoms with van der Waals surface area (Å²) in [6, 6.07) is 12.1. The summed E-state index contributed by atoms with van der Waals surface area (Å²) < 4.78 is 38.4. The zero-order chi connectivity index (χ0) is 21.0. The summed E-state index contributed by atoms with van der Waals surface area (Å²) >= 11 is 1.94. The predicted octanol–water partition coefficient (Wildman–Crippen LogP) is 8.00. The van der Waals surface area contributed by atoms with Gasteiger partial charge in [0, 0.05) is 5.75 Å². The van der Waals surface area contributed by atoms with E-state index in [1.54, 1.807) is 12.1 Å². The zero-order valence-electron chi connectivity index (χ0n) is 17.2. The maximum absolute atomic E-state index is 12.8. The molecular weight excluding hydrogens is 389 g/mol. The van der Waals surface area contributed by atoms with Crippen LogP contribution in [0.5, 0.6) is 0 Å². The van der Waals surface area contributed by atoms with Gasteiger partial charge in [-0.2, -0.15) is 24.9 Å². The lowest BCUT2D eigenvalue weighted by Crippen LogP contribution is -2.04. The molecule has 0 atom stereocenters. The van der Waals surface area contributed by atoms with E-state index >= 15 is 0 Å². The van der Waals surface area contributed by atoms with Gasteiger partial charge in [-0.05, 0) is 84.4 Å². The largest absolute Gasteiger partial charge is 0.416 e. The molecule has 2 aromatic carbocycles. The fourth-order valence-corrected chi connectivity index (χ4v) is 4.51. The quantitative estimate of drug-likeness (QED) is 0.440. The molecule has 2 aromatic rings. The van der Waals surface area contributed by atoms with Crippen molar-refractivity contribution < 1.29 is 13.2 Å². The maximum atomic E-state index is 12.8. The molecule has 0 nitrogen and oxygen atoms in total. The van der Waals surface area contributed by atoms with Crippen molar-refractivity contribution in [2.75, 3.05) is 5.75 Å². The molecule has 1 aliphatic rings. The minimum Gasteiger partial charge on any atom is -0.166 e. The Morgan fingerprint density at radius 3 is 2.28 bits per heavy atom. The van der Waals surface area contributed by atoms with Crippen LogP contribution in [0.15, 0.2) is 59.7 Å². The van der Waals surface area contributed by atoms with Crippen LogP contribution in [0, 0.1) is 6.92 Å². The van der Waals surface area contributed by atoms with E-state index in [0.29, 0.717) is 0 Å². The van der Waals surface area contributed by atoms with Crippen LogP contribution in [-0.2, 0) is 18.3 Å². The molecule has 0 bridgehead atoms. The third-order valence-electron chi connectivity index (χ3n) is 5.62. The molecule has 0 aliphatic heterocycles. The number of rotatable bonds is 7. The van der Waals surface area contributed by atoms with E-state index < -0.39 is 11.7 Å². The van der Waals surface area contributed by atoms with Gasteiger partial charge in [-0.15, -0.1) is 0 Å². The monoisotopic (exact) mass is 416 g/mol. The van der Waals surface area contributed by atoms with Crippen molar-refractivity contribution in [3.8, 4) is 0 Å². The smallest absolute Gasteiger partial charge is 0.166 e. The molecule has 0 heterocycles. The molecule has 0 N–H and O–H groups in total. The van der Waals surface area contributed by atoms with Crippen molar-refractivity contribution in [3.05, 3.63) is 87.5 Å². The van der Waals surface area contributed by atoms with Crippen molar-refractivity contribution in [1.29, 1.82) is 0 Å². The average molecular weight is 417 g/mol. The second-order valence-electron chi connectivity index (χ2n) is 7.57. The van der Waals surface area contributed by atoms with Gasteiger partial charge in [-0.3, -0.25) is 0 Å². The van der Waals surface area contributed by atoms with Crippen molar-refractivity contribution in [3.63, 3.8) is 0 Å². The second kappa shape index (κ2) is 9.25. The number of benzene rings is 2. The first-order valence-electron chi connectivity index (χ1n) is 10.0. The van der Waals surface area contributed by atoms with Gasteiger partial charge in [0.05, 0.1) is 5.56 Å². The third kappa shape index (κ3) is 5.36. The molecular formula is C25H27F3S. The Morgan fingerprint density at radius 1 is 0.931 bits per heavy atom. The number of hydrogen-bond acceptors (Lipinski definition) is 1. The number of hydrogen-bond donors (Lipinski definition) is 0. The van der Waals surface area contributed by atoms with Crippen molar-refractivity contribution in [1.82, 2.24) is 0 Å². The Bertz CT molecular complexity index is 918. The lowest BCUT2D eigenvalue weighted by molar-refractivity contribution is -0.137. The Labute approximate surface area is 175 Å². The second-order valence-corrected chi connectivity index (χ2v) is 8.84. The molecule has 4 heteroatoms. The lowest BCUT2D eigenvalue weighted by Gasteiger charge is -2.11. The summed E-state index contributed by atoms with van der Waals surface area (Å²) in [6.45, 7) is 6.52. The highest BCUT2D eigenvalue weighted by molar-refractivity contribution is 7.98. The number of alkyl halides is 3. The van der Waals surface area contributed by atoms with Crippen LogP contribution in [0.4, 0.5) is 13.2 Å². The van der Waals surface area contributed by atoms with Crippen molar-refractivity contribution in [2.24, 2.45) is 0 Å². The normalized spacial score (nSPS) is 14.5. The first-order chi connectivity index (χ1) is 13.8. The minimum atomic E-state index is -4.29. The fraction of sp³-hybridized carbons (Fsp3) is 0.360. The molecule has 154 valence electrons. The summed E-state index contributed by atoms with van der Waals surface area (Å²) in [4.78, 5) is 0. The van der Waals surface area contributed by atoms with Crippen LogP contribution in [0.2, 0.25) is 0 Å². The van der Waals surface area contributed by atoms with E-state index in [-0.39, 0.29) is 0 Å². The number of aryl methyl sites for hydroxylation is 1. The van der Waals surface area contributed by atoms with E-state index in [2.05, 4.69) is 45.0 Å². The molecule has 0 radical (unpaired) electrons. The Kier molecular flexibility index (Phi) is 6.94. The van der Waals surface area contributed by atoms with E-state index in [0.717, 1.165) is 41.9 Å². The molecule has 0 amide bonds. The highest BCUT2D eigenvalue weighted by atomic mass is 32.2. The molecule has 3 rings (SSSR count). The molecule has 29 heavy (non-hydrogen) atoms. The van der Waals surface area contributed by atoms with Gasteiger partial charge in [0.25, 0.3) is 0 Å². The van der Waals surface area contributed by atoms with Crippen LogP contribution in [0.1, 0.15) is 54.5 Å². The van der Waals surface area contributed by atoms with E-state index in [9.17, 15) is 13.2 Å². The van der Waals surface area contributed by atoms with Gasteiger partial charge in [0.1, 0.15) is 0 Å². The minimum absolute atomic E-state index is 0.596. The summed E-state index contributed by atoms with van der Waals surface area (Å²) in [7, 11) is 0. The SMILES string of the molecule is CCSCc1cccc(CCC2=C(C)CC(c3ccc(C(F)(F)F)cc3)=C2)c1C. The van der Waals surface area contributed by atoms with Crippen molar-refractivity contribution in [2.45, 2.75) is 52.0 Å². The van der Waals surface area contributed by atoms with Gasteiger partial charge in [0.2, 0.25) is 0 Å². The van der Waals surface area contributed by atoms with Crippen molar-refractivity contribution >= 4 is 17.3 Å². The Morgan fingerprint density at radius 2 is 1.62 bits per heavy atom. The summed E-state index contributed by atoms with van der Waals surface area (Å²) in [5, 5.41) is 0. The molecule has 0 fully saturated rings. The first kappa shape index (κ1) is 21.8. The van der Waals surface area contributed by atoms with Gasteiger partial charge in [0.15, 0.2) is 0 Å². The highest BCUT2D eigenvalue weighted by Crippen LogP contribution is 2.36. The Hall–Kier alpha value is -1.94. The zero-order valence-corrected chi connectivity index (χ0v) is 18.0. The van der Waals surface area contributed by atoms with E-state index in [4.69, 9.17) is 0 Å². The van der Waals surface area contributed by atoms with Crippen LogP contribution < -0.4 is 0 Å². The average Bonchev–Trinajstić information content (AvgIpc) is 3.06. The molecule has 0 saturated carbocycles.